The van der Waals surface area contributed by atoms with Gasteiger partial charge in [-0.05, 0) is 28.7 Å². The molecule has 28 heavy (non-hydrogen) atoms. The molecule has 2 aromatic rings. The molecule has 6 nitrogen and oxygen atoms in total. The van der Waals surface area contributed by atoms with E-state index < -0.39 is 10.0 Å². The van der Waals surface area contributed by atoms with Crippen molar-refractivity contribution in [3.8, 4) is 5.75 Å². The van der Waals surface area contributed by atoms with Crippen LogP contribution in [0, 0.1) is 0 Å². The van der Waals surface area contributed by atoms with Gasteiger partial charge in [-0.15, -0.1) is 0 Å². The van der Waals surface area contributed by atoms with E-state index in [1.165, 1.54) is 0 Å². The molecular weight excluding hydrogens is 376 g/mol. The number of nitrogens with one attached hydrogen (secondary N) is 2. The van der Waals surface area contributed by atoms with Crippen molar-refractivity contribution in [2.45, 2.75) is 32.6 Å². The second kappa shape index (κ2) is 9.10. The van der Waals surface area contributed by atoms with Crippen molar-refractivity contribution in [1.82, 2.24) is 5.32 Å². The quantitative estimate of drug-likeness (QED) is 0.662. The van der Waals surface area contributed by atoms with Crippen LogP contribution in [0.15, 0.2) is 48.5 Å². The Morgan fingerprint density at radius 2 is 1.68 bits per heavy atom. The highest BCUT2D eigenvalue weighted by Crippen LogP contribution is 2.30. The minimum Gasteiger partial charge on any atom is -0.491 e. The summed E-state index contributed by atoms with van der Waals surface area (Å²) in [5.74, 6) is 0.613. The molecule has 2 aromatic carbocycles. The third kappa shape index (κ3) is 6.88. The van der Waals surface area contributed by atoms with Gasteiger partial charge in [-0.3, -0.25) is 9.52 Å². The van der Waals surface area contributed by atoms with Crippen LogP contribution in [-0.4, -0.2) is 33.7 Å². The van der Waals surface area contributed by atoms with Crippen LogP contribution >= 0.6 is 0 Å². The van der Waals surface area contributed by atoms with Gasteiger partial charge < -0.3 is 10.1 Å². The van der Waals surface area contributed by atoms with Gasteiger partial charge in [0.1, 0.15) is 12.4 Å². The molecule has 0 aliphatic heterocycles. The highest BCUT2D eigenvalue weighted by molar-refractivity contribution is 7.92. The van der Waals surface area contributed by atoms with Crippen LogP contribution in [0.2, 0.25) is 0 Å². The van der Waals surface area contributed by atoms with E-state index in [0.29, 0.717) is 24.4 Å². The summed E-state index contributed by atoms with van der Waals surface area (Å²) >= 11 is 0. The van der Waals surface area contributed by atoms with Gasteiger partial charge in [0.15, 0.2) is 0 Å². The smallest absolute Gasteiger partial charge is 0.229 e. The minimum absolute atomic E-state index is 0.0316. The molecule has 0 spiro atoms. The first-order valence-electron chi connectivity index (χ1n) is 9.11. The number of para-hydroxylation sites is 2. The largest absolute Gasteiger partial charge is 0.491 e. The second-order valence-corrected chi connectivity index (χ2v) is 9.40. The molecule has 0 heterocycles. The van der Waals surface area contributed by atoms with Crippen LogP contribution in [-0.2, 0) is 26.7 Å². The maximum atomic E-state index is 12.2. The Morgan fingerprint density at radius 3 is 2.36 bits per heavy atom. The lowest BCUT2D eigenvalue weighted by Crippen LogP contribution is -2.30. The molecule has 1 amide bonds. The van der Waals surface area contributed by atoms with Gasteiger partial charge in [0.25, 0.3) is 0 Å². The van der Waals surface area contributed by atoms with Crippen molar-refractivity contribution < 1.29 is 17.9 Å². The minimum atomic E-state index is -3.40. The van der Waals surface area contributed by atoms with Crippen LogP contribution < -0.4 is 14.8 Å². The zero-order chi connectivity index (χ0) is 20.8. The lowest BCUT2D eigenvalue weighted by molar-refractivity contribution is -0.120. The molecule has 0 aromatic heterocycles. The summed E-state index contributed by atoms with van der Waals surface area (Å²) in [5.41, 5.74) is 2.11. The third-order valence-electron chi connectivity index (χ3n) is 4.04. The van der Waals surface area contributed by atoms with E-state index in [4.69, 9.17) is 4.74 Å². The van der Waals surface area contributed by atoms with Crippen LogP contribution in [0.3, 0.4) is 0 Å². The maximum absolute atomic E-state index is 12.2. The molecule has 0 aliphatic carbocycles. The van der Waals surface area contributed by atoms with Gasteiger partial charge >= 0.3 is 0 Å². The highest BCUT2D eigenvalue weighted by Gasteiger charge is 2.18. The summed E-state index contributed by atoms with van der Waals surface area (Å²) in [6.07, 6.45) is 1.16. The number of rotatable bonds is 8. The lowest BCUT2D eigenvalue weighted by atomic mass is 9.86. The Bertz CT molecular complexity index is 918. The van der Waals surface area contributed by atoms with Gasteiger partial charge in [0.05, 0.1) is 24.9 Å². The average molecular weight is 405 g/mol. The van der Waals surface area contributed by atoms with E-state index in [9.17, 15) is 13.2 Å². The first-order valence-corrected chi connectivity index (χ1v) is 11.0. The predicted octanol–water partition coefficient (Wildman–Crippen LogP) is 3.09. The molecule has 0 saturated carbocycles. The SMILES string of the molecule is CC(C)(C)c1ccccc1OCCNC(=O)Cc1ccccc1NS(C)(=O)=O. The number of ether oxygens (including phenoxy) is 1. The average Bonchev–Trinajstić information content (AvgIpc) is 2.59. The molecule has 2 N–H and O–H groups in total. The molecule has 7 heteroatoms. The first-order chi connectivity index (χ1) is 13.1. The van der Waals surface area contributed by atoms with Crippen LogP contribution in [0.4, 0.5) is 5.69 Å². The van der Waals surface area contributed by atoms with E-state index in [-0.39, 0.29) is 17.7 Å². The fourth-order valence-electron chi connectivity index (χ4n) is 2.77. The van der Waals surface area contributed by atoms with Crippen molar-refractivity contribution in [3.63, 3.8) is 0 Å². The van der Waals surface area contributed by atoms with E-state index in [2.05, 4.69) is 30.8 Å². The summed E-state index contributed by atoms with van der Waals surface area (Å²) in [6, 6.07) is 14.7. The molecule has 0 unspecified atom stereocenters. The van der Waals surface area contributed by atoms with Crippen molar-refractivity contribution in [2.75, 3.05) is 24.1 Å². The van der Waals surface area contributed by atoms with Crippen molar-refractivity contribution >= 4 is 21.6 Å². The normalized spacial score (nSPS) is 11.7. The van der Waals surface area contributed by atoms with Crippen LogP contribution in [0.25, 0.3) is 0 Å². The third-order valence-corrected chi connectivity index (χ3v) is 4.63. The van der Waals surface area contributed by atoms with E-state index in [0.717, 1.165) is 17.6 Å². The Labute approximate surface area is 167 Å². The second-order valence-electron chi connectivity index (χ2n) is 7.65. The summed E-state index contributed by atoms with van der Waals surface area (Å²) in [5, 5.41) is 2.81. The van der Waals surface area contributed by atoms with Crippen LogP contribution in [0.1, 0.15) is 31.9 Å². The van der Waals surface area contributed by atoms with E-state index >= 15 is 0 Å². The Balaban J connectivity index is 1.88. The predicted molar refractivity (Wildman–Crippen MR) is 112 cm³/mol. The zero-order valence-electron chi connectivity index (χ0n) is 16.8. The molecule has 2 rings (SSSR count). The standard InChI is InChI=1S/C21H28N2O4S/c1-21(2,3)17-10-6-8-12-19(17)27-14-13-22-20(24)15-16-9-5-7-11-18(16)23-28(4,25)26/h5-12,23H,13-15H2,1-4H3,(H,22,24). The zero-order valence-corrected chi connectivity index (χ0v) is 17.6. The number of amides is 1. The summed E-state index contributed by atoms with van der Waals surface area (Å²) < 4.78 is 31.2. The van der Waals surface area contributed by atoms with Crippen molar-refractivity contribution in [2.24, 2.45) is 0 Å². The number of sulfonamides is 1. The molecule has 0 radical (unpaired) electrons. The molecule has 0 fully saturated rings. The Morgan fingerprint density at radius 1 is 1.04 bits per heavy atom. The maximum Gasteiger partial charge on any atom is 0.229 e. The monoisotopic (exact) mass is 404 g/mol. The number of carbonyl (C=O) groups is 1. The number of hydrogen-bond donors (Lipinski definition) is 2. The van der Waals surface area contributed by atoms with Crippen molar-refractivity contribution in [1.29, 1.82) is 0 Å². The van der Waals surface area contributed by atoms with Gasteiger partial charge in [-0.2, -0.15) is 0 Å². The fraction of sp³-hybridized carbons (Fsp3) is 0.381. The fourth-order valence-corrected chi connectivity index (χ4v) is 3.37. The van der Waals surface area contributed by atoms with Gasteiger partial charge in [0.2, 0.25) is 15.9 Å². The van der Waals surface area contributed by atoms with Crippen LogP contribution in [0.5, 0.6) is 5.75 Å². The molecule has 0 saturated heterocycles. The Hall–Kier alpha value is -2.54. The summed E-state index contributed by atoms with van der Waals surface area (Å²) in [6.45, 7) is 7.08. The Kier molecular flexibility index (Phi) is 7.07. The van der Waals surface area contributed by atoms with E-state index in [1.807, 2.05) is 24.3 Å². The number of carbonyl (C=O) groups excluding carboxylic acids is 1. The number of benzene rings is 2. The first kappa shape index (κ1) is 21.8. The lowest BCUT2D eigenvalue weighted by Gasteiger charge is -2.22. The molecule has 0 bridgehead atoms. The van der Waals surface area contributed by atoms with Crippen molar-refractivity contribution in [3.05, 3.63) is 59.7 Å². The summed E-state index contributed by atoms with van der Waals surface area (Å²) in [7, 11) is -3.40. The van der Waals surface area contributed by atoms with E-state index in [1.54, 1.807) is 24.3 Å². The van der Waals surface area contributed by atoms with Gasteiger partial charge in [0, 0.05) is 0 Å². The van der Waals surface area contributed by atoms with Gasteiger partial charge in [-0.25, -0.2) is 8.42 Å². The molecule has 0 aliphatic rings. The van der Waals surface area contributed by atoms with Gasteiger partial charge in [-0.1, -0.05) is 57.2 Å². The number of hydrogen-bond acceptors (Lipinski definition) is 4. The highest BCUT2D eigenvalue weighted by atomic mass is 32.2. The topological polar surface area (TPSA) is 84.5 Å². The summed E-state index contributed by atoms with van der Waals surface area (Å²) in [4.78, 5) is 12.2. The molecule has 0 atom stereocenters. The molecular formula is C21H28N2O4S. The number of anilines is 1. The molecule has 152 valence electrons.